The number of carboxylic acids is 1. The minimum absolute atomic E-state index is 0.0571. The molecule has 1 aromatic carbocycles. The molecule has 2 fully saturated rings. The number of piperidine rings is 1. The first-order valence-corrected chi connectivity index (χ1v) is 8.78. The zero-order chi connectivity index (χ0) is 19.8. The average molecular weight is 386 g/mol. The third-order valence-electron chi connectivity index (χ3n) is 5.24. The summed E-state index contributed by atoms with van der Waals surface area (Å²) in [6.45, 7) is 0.241. The average Bonchev–Trinajstić information content (AvgIpc) is 3.44. The second kappa shape index (κ2) is 7.03. The fraction of sp³-hybridized carbons (Fsp3) is 0.556. The van der Waals surface area contributed by atoms with Crippen molar-refractivity contribution in [2.75, 3.05) is 13.1 Å². The fourth-order valence-corrected chi connectivity index (χ4v) is 3.39. The van der Waals surface area contributed by atoms with Crippen LogP contribution in [0.1, 0.15) is 36.8 Å². The Kier molecular flexibility index (Phi) is 5.07. The second-order valence-electron chi connectivity index (χ2n) is 7.20. The molecular formula is C18H21F3N2O4. The van der Waals surface area contributed by atoms with Gasteiger partial charge >= 0.3 is 18.2 Å². The van der Waals surface area contributed by atoms with Crippen molar-refractivity contribution in [1.82, 2.24) is 10.2 Å². The lowest BCUT2D eigenvalue weighted by atomic mass is 9.84. The van der Waals surface area contributed by atoms with E-state index >= 15 is 0 Å². The van der Waals surface area contributed by atoms with Gasteiger partial charge < -0.3 is 20.4 Å². The zero-order valence-electron chi connectivity index (χ0n) is 14.5. The van der Waals surface area contributed by atoms with E-state index in [-0.39, 0.29) is 37.4 Å². The second-order valence-corrected chi connectivity index (χ2v) is 7.20. The maximum atomic E-state index is 12.9. The minimum atomic E-state index is -4.50. The Labute approximate surface area is 154 Å². The zero-order valence-corrected chi connectivity index (χ0v) is 14.5. The number of carboxylic acid groups (broad SMARTS) is 1. The van der Waals surface area contributed by atoms with Crippen molar-refractivity contribution in [2.24, 2.45) is 5.92 Å². The molecule has 2 amide bonds. The highest BCUT2D eigenvalue weighted by atomic mass is 19.4. The smallest absolute Gasteiger partial charge is 0.416 e. The number of hydrogen-bond donors (Lipinski definition) is 3. The predicted molar refractivity (Wildman–Crippen MR) is 88.8 cm³/mol. The van der Waals surface area contributed by atoms with Gasteiger partial charge in [-0.2, -0.15) is 13.2 Å². The van der Waals surface area contributed by atoms with Crippen LogP contribution in [-0.2, 0) is 16.6 Å². The van der Waals surface area contributed by atoms with Crippen molar-refractivity contribution in [1.29, 1.82) is 0 Å². The minimum Gasteiger partial charge on any atom is -0.480 e. The summed E-state index contributed by atoms with van der Waals surface area (Å²) in [7, 11) is 0. The monoisotopic (exact) mass is 386 g/mol. The first kappa shape index (κ1) is 19.5. The van der Waals surface area contributed by atoms with Gasteiger partial charge in [-0.1, -0.05) is 12.1 Å². The van der Waals surface area contributed by atoms with Gasteiger partial charge in [-0.05, 0) is 49.3 Å². The first-order chi connectivity index (χ1) is 12.6. The van der Waals surface area contributed by atoms with Gasteiger partial charge in [0.05, 0.1) is 11.2 Å². The van der Waals surface area contributed by atoms with Gasteiger partial charge in [0.1, 0.15) is 6.04 Å². The number of carbonyl (C=O) groups is 2. The molecule has 1 atom stereocenters. The van der Waals surface area contributed by atoms with Gasteiger partial charge in [-0.15, -0.1) is 0 Å². The van der Waals surface area contributed by atoms with Crippen LogP contribution in [0.15, 0.2) is 24.3 Å². The Morgan fingerprint density at radius 2 is 1.85 bits per heavy atom. The van der Waals surface area contributed by atoms with Crippen LogP contribution in [0.25, 0.3) is 0 Å². The molecule has 9 heteroatoms. The lowest BCUT2D eigenvalue weighted by Gasteiger charge is -2.39. The number of urea groups is 1. The highest BCUT2D eigenvalue weighted by molar-refractivity contribution is 5.83. The number of aliphatic hydroxyl groups is 1. The Morgan fingerprint density at radius 3 is 2.37 bits per heavy atom. The summed E-state index contributed by atoms with van der Waals surface area (Å²) in [6, 6.07) is 3.12. The van der Waals surface area contributed by atoms with Crippen molar-refractivity contribution in [3.63, 3.8) is 0 Å². The molecule has 3 rings (SSSR count). The molecule has 1 aliphatic heterocycles. The molecule has 6 nitrogen and oxygen atoms in total. The summed E-state index contributed by atoms with van der Waals surface area (Å²) < 4.78 is 38.7. The fourth-order valence-electron chi connectivity index (χ4n) is 3.39. The third kappa shape index (κ3) is 4.35. The highest BCUT2D eigenvalue weighted by Crippen LogP contribution is 2.37. The Balaban J connectivity index is 1.64. The van der Waals surface area contributed by atoms with E-state index in [1.54, 1.807) is 0 Å². The van der Waals surface area contributed by atoms with Crippen molar-refractivity contribution in [2.45, 2.75) is 43.5 Å². The number of carbonyl (C=O) groups excluding carboxylic acids is 1. The van der Waals surface area contributed by atoms with Crippen LogP contribution < -0.4 is 5.32 Å². The van der Waals surface area contributed by atoms with Crippen LogP contribution >= 0.6 is 0 Å². The van der Waals surface area contributed by atoms with Crippen LogP contribution in [0, 0.1) is 5.92 Å². The molecule has 0 aromatic heterocycles. The van der Waals surface area contributed by atoms with E-state index < -0.39 is 35.4 Å². The summed E-state index contributed by atoms with van der Waals surface area (Å²) >= 11 is 0. The van der Waals surface area contributed by atoms with E-state index in [0.717, 1.165) is 25.0 Å². The quantitative estimate of drug-likeness (QED) is 0.742. The summed E-state index contributed by atoms with van der Waals surface area (Å²) in [4.78, 5) is 24.9. The molecule has 148 valence electrons. The SMILES string of the molecule is O=C(O)[C@@H](NC(=O)N1CCC(O)(c2cccc(C(F)(F)F)c2)CC1)C1CC1. The van der Waals surface area contributed by atoms with Gasteiger partial charge in [0.15, 0.2) is 0 Å². The molecule has 0 unspecified atom stereocenters. The van der Waals surface area contributed by atoms with Gasteiger partial charge in [0, 0.05) is 13.1 Å². The van der Waals surface area contributed by atoms with Crippen LogP contribution in [0.5, 0.6) is 0 Å². The van der Waals surface area contributed by atoms with E-state index in [1.165, 1.54) is 17.0 Å². The molecule has 1 aromatic rings. The molecule has 2 aliphatic rings. The summed E-state index contributed by atoms with van der Waals surface area (Å²) in [6.07, 6.45) is -2.84. The molecule has 0 radical (unpaired) electrons. The van der Waals surface area contributed by atoms with Gasteiger partial charge in [-0.3, -0.25) is 0 Å². The van der Waals surface area contributed by atoms with Gasteiger partial charge in [-0.25, -0.2) is 9.59 Å². The van der Waals surface area contributed by atoms with Crippen molar-refractivity contribution in [3.05, 3.63) is 35.4 Å². The molecule has 0 bridgehead atoms. The first-order valence-electron chi connectivity index (χ1n) is 8.78. The number of hydrogen-bond acceptors (Lipinski definition) is 3. The molecule has 1 saturated carbocycles. The lowest BCUT2D eigenvalue weighted by Crippen LogP contribution is -2.53. The van der Waals surface area contributed by atoms with Crippen LogP contribution in [-0.4, -0.2) is 46.2 Å². The maximum absolute atomic E-state index is 12.9. The molecule has 3 N–H and O–H groups in total. The number of halogens is 3. The molecule has 1 saturated heterocycles. The number of benzene rings is 1. The third-order valence-corrected chi connectivity index (χ3v) is 5.24. The topological polar surface area (TPSA) is 89.9 Å². The Hall–Kier alpha value is -2.29. The predicted octanol–water partition coefficient (Wildman–Crippen LogP) is 2.56. The summed E-state index contributed by atoms with van der Waals surface area (Å²) in [5.41, 5.74) is -2.12. The number of nitrogens with zero attached hydrogens (tertiary/aromatic N) is 1. The molecular weight excluding hydrogens is 365 g/mol. The van der Waals surface area contributed by atoms with E-state index in [4.69, 9.17) is 0 Å². The molecule has 27 heavy (non-hydrogen) atoms. The normalized spacial score (nSPS) is 20.8. The lowest BCUT2D eigenvalue weighted by molar-refractivity contribution is -0.140. The highest BCUT2D eigenvalue weighted by Gasteiger charge is 2.41. The van der Waals surface area contributed by atoms with Gasteiger partial charge in [0.25, 0.3) is 0 Å². The Morgan fingerprint density at radius 1 is 1.22 bits per heavy atom. The van der Waals surface area contributed by atoms with Crippen LogP contribution in [0.3, 0.4) is 0 Å². The maximum Gasteiger partial charge on any atom is 0.416 e. The number of aliphatic carboxylic acids is 1. The largest absolute Gasteiger partial charge is 0.480 e. The standard InChI is InChI=1S/C18H21F3N2O4/c19-18(20,21)13-3-1-2-12(10-13)17(27)6-8-23(9-7-17)16(26)22-14(15(24)25)11-4-5-11/h1-3,10-11,14,27H,4-9H2,(H,22,26)(H,24,25)/t14-/m0/s1. The number of alkyl halides is 3. The Bertz CT molecular complexity index is 726. The number of likely N-dealkylation sites (tertiary alicyclic amines) is 1. The molecule has 1 aliphatic carbocycles. The summed E-state index contributed by atoms with van der Waals surface area (Å²) in [5, 5.41) is 22.5. The van der Waals surface area contributed by atoms with Crippen molar-refractivity contribution < 1.29 is 33.0 Å². The molecule has 0 spiro atoms. The van der Waals surface area contributed by atoms with Crippen LogP contribution in [0.4, 0.5) is 18.0 Å². The van der Waals surface area contributed by atoms with Crippen molar-refractivity contribution >= 4 is 12.0 Å². The number of amides is 2. The van der Waals surface area contributed by atoms with E-state index in [2.05, 4.69) is 5.32 Å². The van der Waals surface area contributed by atoms with Gasteiger partial charge in [0.2, 0.25) is 0 Å². The van der Waals surface area contributed by atoms with E-state index in [1.807, 2.05) is 0 Å². The number of rotatable bonds is 4. The van der Waals surface area contributed by atoms with E-state index in [0.29, 0.717) is 0 Å². The van der Waals surface area contributed by atoms with Crippen molar-refractivity contribution in [3.8, 4) is 0 Å². The van der Waals surface area contributed by atoms with E-state index in [9.17, 15) is 33.0 Å². The molecule has 1 heterocycles. The van der Waals surface area contributed by atoms with Crippen LogP contribution in [0.2, 0.25) is 0 Å². The summed E-state index contributed by atoms with van der Waals surface area (Å²) in [5.74, 6) is -1.14. The number of nitrogens with one attached hydrogen (secondary N) is 1.